The van der Waals surface area contributed by atoms with Crippen molar-refractivity contribution < 1.29 is 0 Å². The van der Waals surface area contributed by atoms with E-state index in [2.05, 4.69) is 45.9 Å². The van der Waals surface area contributed by atoms with Crippen molar-refractivity contribution in [2.24, 2.45) is 0 Å². The summed E-state index contributed by atoms with van der Waals surface area (Å²) in [5, 5.41) is 1.47. The molecule has 0 atom stereocenters. The van der Waals surface area contributed by atoms with Crippen LogP contribution in [-0.4, -0.2) is 14.1 Å². The van der Waals surface area contributed by atoms with Gasteiger partial charge in [-0.2, -0.15) is 0 Å². The zero-order valence-electron chi connectivity index (χ0n) is 13.6. The van der Waals surface area contributed by atoms with E-state index in [1.165, 1.54) is 22.3 Å². The van der Waals surface area contributed by atoms with Gasteiger partial charge < -0.3 is 4.90 Å². The van der Waals surface area contributed by atoms with Crippen molar-refractivity contribution in [3.8, 4) is 0 Å². The Balaban J connectivity index is 2.74. The maximum absolute atomic E-state index is 6.74. The van der Waals surface area contributed by atoms with Crippen LogP contribution in [0.15, 0.2) is 23.8 Å². The second-order valence-corrected chi connectivity index (χ2v) is 7.69. The molecule has 3 heteroatoms. The standard InChI is InChI=1S/C18H23Cl2N/c1-11-7-8-12(9-11)13-10-14(19)17(21(5)6)16(20)15(13)18(2,3)4/h7,9-10H,8H2,1-6H3. The Morgan fingerprint density at radius 3 is 2.19 bits per heavy atom. The lowest BCUT2D eigenvalue weighted by molar-refractivity contribution is 0.588. The van der Waals surface area contributed by atoms with Gasteiger partial charge in [-0.15, -0.1) is 0 Å². The topological polar surface area (TPSA) is 3.24 Å². The van der Waals surface area contributed by atoms with Gasteiger partial charge in [0.15, 0.2) is 0 Å². The zero-order valence-corrected chi connectivity index (χ0v) is 15.2. The van der Waals surface area contributed by atoms with Crippen molar-refractivity contribution in [3.63, 3.8) is 0 Å². The molecule has 0 amide bonds. The lowest BCUT2D eigenvalue weighted by Gasteiger charge is -2.29. The van der Waals surface area contributed by atoms with Crippen LogP contribution in [0.2, 0.25) is 10.0 Å². The van der Waals surface area contributed by atoms with Gasteiger partial charge in [-0.25, -0.2) is 0 Å². The number of nitrogens with zero attached hydrogens (tertiary/aromatic N) is 1. The highest BCUT2D eigenvalue weighted by Crippen LogP contribution is 2.46. The molecule has 0 fully saturated rings. The van der Waals surface area contributed by atoms with Crippen LogP contribution >= 0.6 is 23.2 Å². The highest BCUT2D eigenvalue weighted by molar-refractivity contribution is 6.40. The van der Waals surface area contributed by atoms with Crippen LogP contribution in [0.4, 0.5) is 5.69 Å². The van der Waals surface area contributed by atoms with E-state index in [0.717, 1.165) is 17.1 Å². The van der Waals surface area contributed by atoms with E-state index < -0.39 is 0 Å². The molecule has 1 aliphatic rings. The molecule has 0 aliphatic heterocycles. The summed E-state index contributed by atoms with van der Waals surface area (Å²) in [4.78, 5) is 1.98. The number of benzene rings is 1. The van der Waals surface area contributed by atoms with Gasteiger partial charge in [-0.3, -0.25) is 0 Å². The minimum atomic E-state index is -0.0426. The minimum absolute atomic E-state index is 0.0426. The number of anilines is 1. The number of hydrogen-bond acceptors (Lipinski definition) is 1. The molecule has 0 saturated carbocycles. The van der Waals surface area contributed by atoms with Crippen molar-refractivity contribution in [1.29, 1.82) is 0 Å². The maximum atomic E-state index is 6.74. The summed E-state index contributed by atoms with van der Waals surface area (Å²) < 4.78 is 0. The lowest BCUT2D eigenvalue weighted by atomic mass is 9.81. The van der Waals surface area contributed by atoms with Crippen molar-refractivity contribution in [2.45, 2.75) is 39.5 Å². The SMILES string of the molecule is CC1=CCC(c2cc(Cl)c(N(C)C)c(Cl)c2C(C)(C)C)=C1. The number of hydrogen-bond donors (Lipinski definition) is 0. The van der Waals surface area contributed by atoms with Crippen LogP contribution in [0, 0.1) is 0 Å². The molecule has 1 nitrogen and oxygen atoms in total. The molecule has 0 unspecified atom stereocenters. The van der Waals surface area contributed by atoms with Crippen LogP contribution < -0.4 is 4.90 Å². The van der Waals surface area contributed by atoms with Gasteiger partial charge in [0.1, 0.15) is 0 Å². The largest absolute Gasteiger partial charge is 0.375 e. The third-order valence-corrected chi connectivity index (χ3v) is 4.44. The second kappa shape index (κ2) is 5.70. The Labute approximate surface area is 138 Å². The number of rotatable bonds is 2. The van der Waals surface area contributed by atoms with Crippen molar-refractivity contribution >= 4 is 34.5 Å². The lowest BCUT2D eigenvalue weighted by Crippen LogP contribution is -2.18. The normalized spacial score (nSPS) is 15.0. The summed E-state index contributed by atoms with van der Waals surface area (Å²) in [6.45, 7) is 8.71. The van der Waals surface area contributed by atoms with Gasteiger partial charge in [0.25, 0.3) is 0 Å². The fourth-order valence-corrected chi connectivity index (χ4v) is 3.93. The molecule has 1 aromatic carbocycles. The Kier molecular flexibility index (Phi) is 4.46. The Morgan fingerprint density at radius 2 is 1.76 bits per heavy atom. The third kappa shape index (κ3) is 3.14. The zero-order chi connectivity index (χ0) is 15.9. The Morgan fingerprint density at radius 1 is 1.14 bits per heavy atom. The van der Waals surface area contributed by atoms with Gasteiger partial charge in [-0.05, 0) is 41.5 Å². The minimum Gasteiger partial charge on any atom is -0.375 e. The molecule has 0 N–H and O–H groups in total. The van der Waals surface area contributed by atoms with E-state index in [-0.39, 0.29) is 5.41 Å². The molecule has 1 aromatic rings. The van der Waals surface area contributed by atoms with Crippen LogP contribution in [0.3, 0.4) is 0 Å². The summed E-state index contributed by atoms with van der Waals surface area (Å²) in [6, 6.07) is 2.07. The van der Waals surface area contributed by atoms with Gasteiger partial charge in [0.2, 0.25) is 0 Å². The highest BCUT2D eigenvalue weighted by atomic mass is 35.5. The molecule has 1 aliphatic carbocycles. The average Bonchev–Trinajstić information content (AvgIpc) is 2.72. The smallest absolute Gasteiger partial charge is 0.0743 e. The molecular formula is C18H23Cl2N. The Hall–Kier alpha value is -0.920. The van der Waals surface area contributed by atoms with E-state index in [9.17, 15) is 0 Å². The average molecular weight is 324 g/mol. The molecule has 0 saturated heterocycles. The van der Waals surface area contributed by atoms with E-state index in [0.29, 0.717) is 5.02 Å². The summed E-state index contributed by atoms with van der Waals surface area (Å²) in [5.74, 6) is 0. The first-order valence-electron chi connectivity index (χ1n) is 7.20. The summed E-state index contributed by atoms with van der Waals surface area (Å²) in [7, 11) is 3.94. The highest BCUT2D eigenvalue weighted by Gasteiger charge is 2.27. The van der Waals surface area contributed by atoms with Crippen LogP contribution in [-0.2, 0) is 5.41 Å². The molecule has 0 heterocycles. The molecule has 0 aromatic heterocycles. The summed E-state index contributed by atoms with van der Waals surface area (Å²) >= 11 is 13.2. The maximum Gasteiger partial charge on any atom is 0.0743 e. The van der Waals surface area contributed by atoms with E-state index >= 15 is 0 Å². The second-order valence-electron chi connectivity index (χ2n) is 6.91. The third-order valence-electron chi connectivity index (χ3n) is 3.78. The predicted octanol–water partition coefficient (Wildman–Crippen LogP) is 6.09. The molecule has 0 bridgehead atoms. The van der Waals surface area contributed by atoms with Crippen LogP contribution in [0.1, 0.15) is 45.2 Å². The van der Waals surface area contributed by atoms with Crippen molar-refractivity contribution in [2.75, 3.05) is 19.0 Å². The Bertz CT molecular complexity index is 632. The molecule has 0 spiro atoms. The van der Waals surface area contributed by atoms with Crippen molar-refractivity contribution in [1.82, 2.24) is 0 Å². The molecule has 21 heavy (non-hydrogen) atoms. The van der Waals surface area contributed by atoms with E-state index in [1.807, 2.05) is 19.0 Å². The van der Waals surface area contributed by atoms with Crippen LogP contribution in [0.5, 0.6) is 0 Å². The first-order chi connectivity index (χ1) is 9.62. The summed E-state index contributed by atoms with van der Waals surface area (Å²) in [5.41, 5.74) is 5.80. The van der Waals surface area contributed by atoms with Crippen LogP contribution in [0.25, 0.3) is 5.57 Å². The quantitative estimate of drug-likeness (QED) is 0.636. The van der Waals surface area contributed by atoms with E-state index in [1.54, 1.807) is 0 Å². The molecule has 114 valence electrons. The first-order valence-corrected chi connectivity index (χ1v) is 7.96. The van der Waals surface area contributed by atoms with Crippen molar-refractivity contribution in [3.05, 3.63) is 45.0 Å². The van der Waals surface area contributed by atoms with Gasteiger partial charge >= 0.3 is 0 Å². The first kappa shape index (κ1) is 16.5. The molecule has 0 radical (unpaired) electrons. The molecular weight excluding hydrogens is 301 g/mol. The van der Waals surface area contributed by atoms with Gasteiger partial charge in [0, 0.05) is 14.1 Å². The number of halogens is 2. The summed E-state index contributed by atoms with van der Waals surface area (Å²) in [6.07, 6.45) is 5.42. The monoisotopic (exact) mass is 323 g/mol. The van der Waals surface area contributed by atoms with Gasteiger partial charge in [-0.1, -0.05) is 61.7 Å². The predicted molar refractivity (Wildman–Crippen MR) is 95.8 cm³/mol. The fourth-order valence-electron chi connectivity index (χ4n) is 2.86. The number of allylic oxidation sites excluding steroid dienone is 4. The molecule has 2 rings (SSSR count). The van der Waals surface area contributed by atoms with E-state index in [4.69, 9.17) is 23.2 Å². The fraction of sp³-hybridized carbons (Fsp3) is 0.444. The van der Waals surface area contributed by atoms with Gasteiger partial charge in [0.05, 0.1) is 15.7 Å².